The van der Waals surface area contributed by atoms with Crippen LogP contribution in [-0.2, 0) is 4.74 Å². The van der Waals surface area contributed by atoms with Gasteiger partial charge in [0.1, 0.15) is 0 Å². The van der Waals surface area contributed by atoms with E-state index in [2.05, 4.69) is 51.8 Å². The molecule has 0 aromatic rings. The molecular formula is C18H36N2O. The summed E-state index contributed by atoms with van der Waals surface area (Å²) in [6, 6.07) is 1.92. The molecule has 124 valence electrons. The van der Waals surface area contributed by atoms with E-state index < -0.39 is 0 Å². The molecule has 3 unspecified atom stereocenters. The van der Waals surface area contributed by atoms with Crippen molar-refractivity contribution in [2.24, 2.45) is 5.41 Å². The number of nitrogens with one attached hydrogen (secondary N) is 1. The summed E-state index contributed by atoms with van der Waals surface area (Å²) in [5.41, 5.74) is 0.459. The van der Waals surface area contributed by atoms with E-state index in [-0.39, 0.29) is 5.60 Å². The molecule has 3 heteroatoms. The van der Waals surface area contributed by atoms with Gasteiger partial charge in [-0.1, -0.05) is 34.6 Å². The third-order valence-corrected chi connectivity index (χ3v) is 5.89. The van der Waals surface area contributed by atoms with E-state index in [4.69, 9.17) is 4.74 Å². The van der Waals surface area contributed by atoms with Crippen LogP contribution in [0.25, 0.3) is 0 Å². The highest BCUT2D eigenvalue weighted by Crippen LogP contribution is 2.35. The lowest BCUT2D eigenvalue weighted by atomic mass is 9.81. The minimum Gasteiger partial charge on any atom is -0.375 e. The van der Waals surface area contributed by atoms with Crippen LogP contribution in [0.3, 0.4) is 0 Å². The molecule has 2 aliphatic heterocycles. The molecule has 0 saturated carbocycles. The highest BCUT2D eigenvalue weighted by molar-refractivity contribution is 4.96. The van der Waals surface area contributed by atoms with Crippen LogP contribution in [0.1, 0.15) is 67.2 Å². The number of rotatable bonds is 3. The molecule has 2 rings (SSSR count). The van der Waals surface area contributed by atoms with E-state index in [0.717, 1.165) is 26.0 Å². The molecule has 2 aliphatic rings. The number of ether oxygens (including phenoxy) is 1. The monoisotopic (exact) mass is 296 g/mol. The molecule has 0 radical (unpaired) electrons. The Hall–Kier alpha value is -0.120. The Bertz CT molecular complexity index is 333. The summed E-state index contributed by atoms with van der Waals surface area (Å²) >= 11 is 0. The lowest BCUT2D eigenvalue weighted by molar-refractivity contribution is -0.119. The van der Waals surface area contributed by atoms with E-state index in [1.54, 1.807) is 0 Å². The standard InChI is InChI=1S/C18H36N2O/c1-7-18(8-2)11-15(9-10-21-18)20-13-16(17(4,5)6)19-12-14(20)3/h14-16,19H,7-13H2,1-6H3. The van der Waals surface area contributed by atoms with Crippen LogP contribution in [0, 0.1) is 5.41 Å². The molecule has 3 atom stereocenters. The number of hydrogen-bond donors (Lipinski definition) is 1. The second kappa shape index (κ2) is 6.55. The zero-order valence-corrected chi connectivity index (χ0v) is 15.0. The van der Waals surface area contributed by atoms with Gasteiger partial charge in [-0.25, -0.2) is 0 Å². The summed E-state index contributed by atoms with van der Waals surface area (Å²) in [6.45, 7) is 17.2. The number of piperazine rings is 1. The van der Waals surface area contributed by atoms with Crippen LogP contribution in [0.2, 0.25) is 0 Å². The average Bonchev–Trinajstić information content (AvgIpc) is 2.46. The Kier molecular flexibility index (Phi) is 5.38. The van der Waals surface area contributed by atoms with Crippen molar-refractivity contribution in [2.45, 2.75) is 91.0 Å². The predicted octanol–water partition coefficient (Wildman–Crippen LogP) is 3.43. The molecule has 1 N–H and O–H groups in total. The number of nitrogens with zero attached hydrogens (tertiary/aromatic N) is 1. The third kappa shape index (κ3) is 3.80. The van der Waals surface area contributed by atoms with E-state index in [9.17, 15) is 0 Å². The first-order chi connectivity index (χ1) is 9.81. The summed E-state index contributed by atoms with van der Waals surface area (Å²) in [6.07, 6.45) is 4.69. The highest BCUT2D eigenvalue weighted by atomic mass is 16.5. The fourth-order valence-electron chi connectivity index (χ4n) is 4.00. The van der Waals surface area contributed by atoms with Gasteiger partial charge in [-0.3, -0.25) is 4.90 Å². The summed E-state index contributed by atoms with van der Waals surface area (Å²) in [5, 5.41) is 3.75. The molecule has 0 aliphatic carbocycles. The summed E-state index contributed by atoms with van der Waals surface area (Å²) in [7, 11) is 0. The second-order valence-corrected chi connectivity index (χ2v) is 8.26. The maximum absolute atomic E-state index is 6.17. The topological polar surface area (TPSA) is 24.5 Å². The van der Waals surface area contributed by atoms with Crippen molar-refractivity contribution in [3.05, 3.63) is 0 Å². The molecule has 3 nitrogen and oxygen atoms in total. The SMILES string of the molecule is CCC1(CC)CC(N2CC(C(C)(C)C)NCC2C)CCO1. The van der Waals surface area contributed by atoms with Crippen molar-refractivity contribution < 1.29 is 4.74 Å². The first kappa shape index (κ1) is 17.2. The van der Waals surface area contributed by atoms with E-state index in [1.807, 2.05) is 0 Å². The maximum atomic E-state index is 6.17. The lowest BCUT2D eigenvalue weighted by Gasteiger charge is -2.51. The van der Waals surface area contributed by atoms with Crippen LogP contribution in [0.5, 0.6) is 0 Å². The molecule has 2 heterocycles. The van der Waals surface area contributed by atoms with Crippen LogP contribution >= 0.6 is 0 Å². The van der Waals surface area contributed by atoms with Crippen molar-refractivity contribution in [2.75, 3.05) is 19.7 Å². The summed E-state index contributed by atoms with van der Waals surface area (Å²) in [5.74, 6) is 0. The van der Waals surface area contributed by atoms with Crippen LogP contribution in [-0.4, -0.2) is 48.3 Å². The molecule has 0 bridgehead atoms. The van der Waals surface area contributed by atoms with Crippen LogP contribution < -0.4 is 5.32 Å². The molecule has 21 heavy (non-hydrogen) atoms. The average molecular weight is 296 g/mol. The molecule has 2 saturated heterocycles. The second-order valence-electron chi connectivity index (χ2n) is 8.26. The Morgan fingerprint density at radius 2 is 1.90 bits per heavy atom. The maximum Gasteiger partial charge on any atom is 0.0692 e. The zero-order valence-electron chi connectivity index (χ0n) is 15.0. The summed E-state index contributed by atoms with van der Waals surface area (Å²) < 4.78 is 6.17. The van der Waals surface area contributed by atoms with Gasteiger partial charge in [0.15, 0.2) is 0 Å². The van der Waals surface area contributed by atoms with Crippen LogP contribution in [0.15, 0.2) is 0 Å². The van der Waals surface area contributed by atoms with Crippen LogP contribution in [0.4, 0.5) is 0 Å². The Balaban J connectivity index is 2.08. The van der Waals surface area contributed by atoms with Gasteiger partial charge in [-0.2, -0.15) is 0 Å². The van der Waals surface area contributed by atoms with Gasteiger partial charge in [-0.05, 0) is 38.0 Å². The van der Waals surface area contributed by atoms with Crippen molar-refractivity contribution >= 4 is 0 Å². The van der Waals surface area contributed by atoms with E-state index >= 15 is 0 Å². The molecule has 0 amide bonds. The van der Waals surface area contributed by atoms with Gasteiger partial charge in [0.25, 0.3) is 0 Å². The fourth-order valence-corrected chi connectivity index (χ4v) is 4.00. The Labute approximate surface area is 131 Å². The predicted molar refractivity (Wildman–Crippen MR) is 89.7 cm³/mol. The van der Waals surface area contributed by atoms with Crippen molar-refractivity contribution in [3.8, 4) is 0 Å². The Morgan fingerprint density at radius 3 is 2.48 bits per heavy atom. The fraction of sp³-hybridized carbons (Fsp3) is 1.00. The lowest BCUT2D eigenvalue weighted by Crippen LogP contribution is -2.63. The third-order valence-electron chi connectivity index (χ3n) is 5.89. The van der Waals surface area contributed by atoms with Gasteiger partial charge >= 0.3 is 0 Å². The van der Waals surface area contributed by atoms with Gasteiger partial charge < -0.3 is 10.1 Å². The zero-order chi connectivity index (χ0) is 15.7. The smallest absolute Gasteiger partial charge is 0.0692 e. The van der Waals surface area contributed by atoms with Crippen molar-refractivity contribution in [1.29, 1.82) is 0 Å². The van der Waals surface area contributed by atoms with Crippen molar-refractivity contribution in [3.63, 3.8) is 0 Å². The quantitative estimate of drug-likeness (QED) is 0.863. The highest BCUT2D eigenvalue weighted by Gasteiger charge is 2.41. The molecule has 0 aromatic heterocycles. The first-order valence-electron chi connectivity index (χ1n) is 8.94. The molecule has 0 spiro atoms. The van der Waals surface area contributed by atoms with Gasteiger partial charge in [0, 0.05) is 37.8 Å². The molecule has 0 aromatic carbocycles. The largest absolute Gasteiger partial charge is 0.375 e. The van der Waals surface area contributed by atoms with Crippen molar-refractivity contribution in [1.82, 2.24) is 10.2 Å². The first-order valence-corrected chi connectivity index (χ1v) is 8.94. The van der Waals surface area contributed by atoms with E-state index in [1.165, 1.54) is 19.4 Å². The van der Waals surface area contributed by atoms with Gasteiger partial charge in [-0.15, -0.1) is 0 Å². The molecule has 2 fully saturated rings. The van der Waals surface area contributed by atoms with Gasteiger partial charge in [0.2, 0.25) is 0 Å². The normalized spacial score (nSPS) is 34.9. The summed E-state index contributed by atoms with van der Waals surface area (Å²) in [4.78, 5) is 2.77. The van der Waals surface area contributed by atoms with Gasteiger partial charge in [0.05, 0.1) is 5.60 Å². The number of hydrogen-bond acceptors (Lipinski definition) is 3. The Morgan fingerprint density at radius 1 is 1.24 bits per heavy atom. The van der Waals surface area contributed by atoms with E-state index in [0.29, 0.717) is 23.5 Å². The molecular weight excluding hydrogens is 260 g/mol. The minimum absolute atomic E-state index is 0.130. The minimum atomic E-state index is 0.130.